The molecule has 0 bridgehead atoms. The minimum Gasteiger partial charge on any atom is -0.385 e. The van der Waals surface area contributed by atoms with Gasteiger partial charge in [-0.3, -0.25) is 9.59 Å². The fourth-order valence-corrected chi connectivity index (χ4v) is 3.70. The molecule has 0 unspecified atom stereocenters. The highest BCUT2D eigenvalue weighted by Crippen LogP contribution is 2.39. The lowest BCUT2D eigenvalue weighted by atomic mass is 10.1. The lowest BCUT2D eigenvalue weighted by Crippen LogP contribution is -2.25. The number of hydrogen-bond donors (Lipinski definition) is 2. The van der Waals surface area contributed by atoms with E-state index in [1.54, 1.807) is 37.5 Å². The molecule has 2 N–H and O–H groups in total. The molecule has 7 heteroatoms. The highest BCUT2D eigenvalue weighted by atomic mass is 35.5. The fourth-order valence-electron chi connectivity index (χ4n) is 2.57. The molecule has 0 saturated heterocycles. The van der Waals surface area contributed by atoms with Crippen molar-refractivity contribution >= 4 is 46.9 Å². The van der Waals surface area contributed by atoms with E-state index in [4.69, 9.17) is 16.3 Å². The van der Waals surface area contributed by atoms with Gasteiger partial charge in [-0.2, -0.15) is 0 Å². The van der Waals surface area contributed by atoms with Gasteiger partial charge in [0.1, 0.15) is 0 Å². The standard InChI is InChI=1S/C20H19ClN2O3S/c1-26-9-3-8-22-19(24)14-6-7-17-16(12-14)23-20(25)18(27-17)11-13-4-2-5-15(21)10-13/h2,4-7,10-12H,3,8-9H2,1H3,(H,22,24)(H,23,25)/b18-11+. The van der Waals surface area contributed by atoms with Crippen LogP contribution in [0.4, 0.5) is 5.69 Å². The van der Waals surface area contributed by atoms with E-state index >= 15 is 0 Å². The van der Waals surface area contributed by atoms with Crippen LogP contribution in [0.2, 0.25) is 5.02 Å². The van der Waals surface area contributed by atoms with Gasteiger partial charge in [0.15, 0.2) is 0 Å². The summed E-state index contributed by atoms with van der Waals surface area (Å²) in [5, 5.41) is 6.31. The summed E-state index contributed by atoms with van der Waals surface area (Å²) < 4.78 is 4.96. The first-order valence-corrected chi connectivity index (χ1v) is 9.64. The maximum Gasteiger partial charge on any atom is 0.262 e. The van der Waals surface area contributed by atoms with Crippen LogP contribution in [0.5, 0.6) is 0 Å². The normalized spacial score (nSPS) is 14.6. The van der Waals surface area contributed by atoms with Gasteiger partial charge in [0.2, 0.25) is 0 Å². The van der Waals surface area contributed by atoms with E-state index in [9.17, 15) is 9.59 Å². The monoisotopic (exact) mass is 402 g/mol. The number of rotatable bonds is 6. The van der Waals surface area contributed by atoms with Gasteiger partial charge in [-0.05, 0) is 48.4 Å². The summed E-state index contributed by atoms with van der Waals surface area (Å²) in [4.78, 5) is 26.1. The number of methoxy groups -OCH3 is 1. The average Bonchev–Trinajstić information content (AvgIpc) is 2.65. The molecule has 0 spiro atoms. The zero-order valence-corrected chi connectivity index (χ0v) is 16.3. The number of fused-ring (bicyclic) bond motifs is 1. The Morgan fingerprint density at radius 2 is 2.15 bits per heavy atom. The Balaban J connectivity index is 1.73. The molecule has 2 aromatic rings. The molecule has 0 atom stereocenters. The lowest BCUT2D eigenvalue weighted by Gasteiger charge is -2.19. The van der Waals surface area contributed by atoms with Crippen molar-refractivity contribution in [2.45, 2.75) is 11.3 Å². The van der Waals surface area contributed by atoms with Crippen LogP contribution in [0.15, 0.2) is 52.3 Å². The van der Waals surface area contributed by atoms with Gasteiger partial charge in [-0.15, -0.1) is 0 Å². The molecule has 0 aliphatic carbocycles. The molecule has 3 rings (SSSR count). The lowest BCUT2D eigenvalue weighted by molar-refractivity contribution is -0.112. The van der Waals surface area contributed by atoms with E-state index < -0.39 is 0 Å². The zero-order chi connectivity index (χ0) is 19.2. The number of benzene rings is 2. The summed E-state index contributed by atoms with van der Waals surface area (Å²) in [6, 6.07) is 12.6. The van der Waals surface area contributed by atoms with E-state index in [1.165, 1.54) is 11.8 Å². The number of anilines is 1. The number of carbonyl (C=O) groups is 2. The third-order valence-corrected chi connectivity index (χ3v) is 5.23. The van der Waals surface area contributed by atoms with E-state index in [2.05, 4.69) is 10.6 Å². The third kappa shape index (κ3) is 5.13. The highest BCUT2D eigenvalue weighted by molar-refractivity contribution is 8.04. The van der Waals surface area contributed by atoms with Gasteiger partial charge in [-0.1, -0.05) is 35.5 Å². The van der Waals surface area contributed by atoms with E-state index in [0.717, 1.165) is 16.9 Å². The van der Waals surface area contributed by atoms with Crippen molar-refractivity contribution in [3.05, 3.63) is 63.5 Å². The summed E-state index contributed by atoms with van der Waals surface area (Å²) in [5.41, 5.74) is 2.00. The second-order valence-corrected chi connectivity index (χ2v) is 7.45. The summed E-state index contributed by atoms with van der Waals surface area (Å²) in [6.45, 7) is 1.14. The van der Waals surface area contributed by atoms with Gasteiger partial charge in [0.05, 0.1) is 10.6 Å². The quantitative estimate of drug-likeness (QED) is 0.561. The van der Waals surface area contributed by atoms with Crippen LogP contribution in [0.25, 0.3) is 6.08 Å². The van der Waals surface area contributed by atoms with E-state index in [0.29, 0.717) is 34.3 Å². The van der Waals surface area contributed by atoms with Crippen molar-refractivity contribution in [1.29, 1.82) is 0 Å². The number of amides is 2. The van der Waals surface area contributed by atoms with Crippen molar-refractivity contribution in [2.24, 2.45) is 0 Å². The minimum atomic E-state index is -0.204. The molecule has 1 aliphatic heterocycles. The van der Waals surface area contributed by atoms with Crippen molar-refractivity contribution in [1.82, 2.24) is 5.32 Å². The molecule has 0 saturated carbocycles. The summed E-state index contributed by atoms with van der Waals surface area (Å²) >= 11 is 7.37. The van der Waals surface area contributed by atoms with Crippen LogP contribution in [-0.4, -0.2) is 32.1 Å². The Bertz CT molecular complexity index is 899. The van der Waals surface area contributed by atoms with Gasteiger partial charge < -0.3 is 15.4 Å². The van der Waals surface area contributed by atoms with Crippen LogP contribution in [0, 0.1) is 0 Å². The first-order valence-electron chi connectivity index (χ1n) is 8.44. The maximum atomic E-state index is 12.4. The van der Waals surface area contributed by atoms with Crippen LogP contribution in [0.3, 0.4) is 0 Å². The Kier molecular flexibility index (Phi) is 6.55. The molecular weight excluding hydrogens is 384 g/mol. The molecule has 0 aromatic heterocycles. The average molecular weight is 403 g/mol. The molecule has 0 fully saturated rings. The predicted molar refractivity (Wildman–Crippen MR) is 109 cm³/mol. The Morgan fingerprint density at radius 1 is 1.30 bits per heavy atom. The van der Waals surface area contributed by atoms with Crippen molar-refractivity contribution < 1.29 is 14.3 Å². The third-order valence-electron chi connectivity index (χ3n) is 3.89. The number of nitrogens with one attached hydrogen (secondary N) is 2. The highest BCUT2D eigenvalue weighted by Gasteiger charge is 2.22. The fraction of sp³-hybridized carbons (Fsp3) is 0.200. The van der Waals surface area contributed by atoms with Crippen LogP contribution < -0.4 is 10.6 Å². The first-order chi connectivity index (χ1) is 13.1. The predicted octanol–water partition coefficient (Wildman–Crippen LogP) is 4.19. The summed E-state index contributed by atoms with van der Waals surface area (Å²) in [7, 11) is 1.63. The van der Waals surface area contributed by atoms with E-state index in [-0.39, 0.29) is 11.8 Å². The summed E-state index contributed by atoms with van der Waals surface area (Å²) in [6.07, 6.45) is 2.54. The Hall–Kier alpha value is -2.28. The molecule has 140 valence electrons. The molecule has 1 aliphatic rings. The molecule has 2 aromatic carbocycles. The van der Waals surface area contributed by atoms with Gasteiger partial charge >= 0.3 is 0 Å². The Labute approximate surface area is 167 Å². The molecule has 2 amide bonds. The zero-order valence-electron chi connectivity index (χ0n) is 14.8. The van der Waals surface area contributed by atoms with Crippen molar-refractivity contribution in [2.75, 3.05) is 25.6 Å². The van der Waals surface area contributed by atoms with Crippen LogP contribution >= 0.6 is 23.4 Å². The van der Waals surface area contributed by atoms with Gasteiger partial charge in [0, 0.05) is 35.7 Å². The molecule has 1 heterocycles. The summed E-state index contributed by atoms with van der Waals surface area (Å²) in [5.74, 6) is -0.376. The largest absolute Gasteiger partial charge is 0.385 e. The van der Waals surface area contributed by atoms with Crippen molar-refractivity contribution in [3.63, 3.8) is 0 Å². The van der Waals surface area contributed by atoms with Gasteiger partial charge in [0.25, 0.3) is 11.8 Å². The van der Waals surface area contributed by atoms with Crippen LogP contribution in [-0.2, 0) is 9.53 Å². The number of hydrogen-bond acceptors (Lipinski definition) is 4. The SMILES string of the molecule is COCCCNC(=O)c1ccc2c(c1)NC(=O)/C(=C\c1cccc(Cl)c1)S2. The Morgan fingerprint density at radius 3 is 2.93 bits per heavy atom. The first kappa shape index (κ1) is 19.5. The van der Waals surface area contributed by atoms with Crippen molar-refractivity contribution in [3.8, 4) is 0 Å². The maximum absolute atomic E-state index is 12.4. The van der Waals surface area contributed by atoms with E-state index in [1.807, 2.05) is 18.2 Å². The molecule has 27 heavy (non-hydrogen) atoms. The number of ether oxygens (including phenoxy) is 1. The second-order valence-electron chi connectivity index (χ2n) is 5.93. The molecule has 5 nitrogen and oxygen atoms in total. The number of carbonyl (C=O) groups excluding carboxylic acids is 2. The van der Waals surface area contributed by atoms with Crippen LogP contribution in [0.1, 0.15) is 22.3 Å². The number of thioether (sulfide) groups is 1. The number of halogens is 1. The second kappa shape index (κ2) is 9.08. The smallest absolute Gasteiger partial charge is 0.262 e. The molecular formula is C20H19ClN2O3S. The molecule has 0 radical (unpaired) electrons. The topological polar surface area (TPSA) is 67.4 Å². The minimum absolute atomic E-state index is 0.173. The van der Waals surface area contributed by atoms with Gasteiger partial charge in [-0.25, -0.2) is 0 Å².